The zero-order valence-electron chi connectivity index (χ0n) is 16.2. The Labute approximate surface area is 165 Å². The molecule has 0 saturated heterocycles. The fourth-order valence-electron chi connectivity index (χ4n) is 3.69. The Kier molecular flexibility index (Phi) is 6.63. The Morgan fingerprint density at radius 1 is 1.14 bits per heavy atom. The van der Waals surface area contributed by atoms with Crippen LogP contribution >= 0.6 is 0 Å². The molecule has 6 heteroatoms. The van der Waals surface area contributed by atoms with Gasteiger partial charge in [-0.15, -0.1) is 0 Å². The third-order valence-corrected chi connectivity index (χ3v) is 5.28. The van der Waals surface area contributed by atoms with Gasteiger partial charge in [-0.3, -0.25) is 14.4 Å². The summed E-state index contributed by atoms with van der Waals surface area (Å²) in [6.07, 6.45) is 4.56. The lowest BCUT2D eigenvalue weighted by atomic mass is 10.00. The first kappa shape index (κ1) is 19.9. The third kappa shape index (κ3) is 4.88. The highest BCUT2D eigenvalue weighted by Gasteiger charge is 2.29. The first-order valence-electron chi connectivity index (χ1n) is 9.82. The van der Waals surface area contributed by atoms with Crippen molar-refractivity contribution in [3.05, 3.63) is 59.4 Å². The van der Waals surface area contributed by atoms with E-state index in [4.69, 9.17) is 0 Å². The largest absolute Gasteiger partial charge is 0.359 e. The average Bonchev–Trinajstić information content (AvgIpc) is 3.38. The lowest BCUT2D eigenvalue weighted by Crippen LogP contribution is -2.34. The highest BCUT2D eigenvalue weighted by molar-refractivity contribution is 5.96. The van der Waals surface area contributed by atoms with Gasteiger partial charge in [-0.25, -0.2) is 0 Å². The van der Waals surface area contributed by atoms with Gasteiger partial charge in [0, 0.05) is 39.2 Å². The first-order valence-corrected chi connectivity index (χ1v) is 9.82. The third-order valence-electron chi connectivity index (χ3n) is 5.28. The fourth-order valence-corrected chi connectivity index (χ4v) is 3.69. The minimum absolute atomic E-state index is 0.0465. The van der Waals surface area contributed by atoms with Crippen LogP contribution in [0.4, 0.5) is 0 Å². The lowest BCUT2D eigenvalue weighted by molar-refractivity contribution is -0.131. The summed E-state index contributed by atoms with van der Waals surface area (Å²) in [4.78, 5) is 41.1. The van der Waals surface area contributed by atoms with Crippen molar-refractivity contribution in [2.75, 3.05) is 20.1 Å². The van der Waals surface area contributed by atoms with Crippen LogP contribution in [0.25, 0.3) is 0 Å². The zero-order chi connectivity index (χ0) is 19.9. The quantitative estimate of drug-likeness (QED) is 0.517. The molecule has 6 nitrogen and oxygen atoms in total. The van der Waals surface area contributed by atoms with Crippen LogP contribution in [0.5, 0.6) is 0 Å². The molecule has 2 N–H and O–H groups in total. The van der Waals surface area contributed by atoms with Gasteiger partial charge in [0.05, 0.1) is 11.6 Å². The molecule has 0 radical (unpaired) electrons. The van der Waals surface area contributed by atoms with Gasteiger partial charge in [-0.2, -0.15) is 0 Å². The second-order valence-electron chi connectivity index (χ2n) is 7.26. The molecule has 1 aliphatic carbocycles. The number of H-pyrrole nitrogens is 1. The van der Waals surface area contributed by atoms with E-state index in [1.54, 1.807) is 23.2 Å². The van der Waals surface area contributed by atoms with Gasteiger partial charge in [0.2, 0.25) is 11.8 Å². The number of benzene rings is 1. The molecule has 0 unspecified atom stereocenters. The van der Waals surface area contributed by atoms with Crippen molar-refractivity contribution in [3.63, 3.8) is 0 Å². The predicted molar refractivity (Wildman–Crippen MR) is 107 cm³/mol. The zero-order valence-corrected chi connectivity index (χ0v) is 16.2. The molecule has 0 bridgehead atoms. The number of ketones is 1. The number of aromatic nitrogens is 1. The van der Waals surface area contributed by atoms with E-state index in [2.05, 4.69) is 16.4 Å². The number of rotatable bonds is 9. The number of hydrogen-bond donors (Lipinski definition) is 2. The monoisotopic (exact) mass is 381 g/mol. The maximum absolute atomic E-state index is 12.7. The van der Waals surface area contributed by atoms with Gasteiger partial charge >= 0.3 is 0 Å². The van der Waals surface area contributed by atoms with Gasteiger partial charge < -0.3 is 15.2 Å². The number of Topliss-reactive ketones (excluding diaryl/α,β-unsaturated/α-hetero) is 1. The second kappa shape index (κ2) is 9.35. The number of carbonyl (C=O) groups is 3. The molecule has 0 saturated carbocycles. The topological polar surface area (TPSA) is 82.3 Å². The molecule has 1 aliphatic rings. The summed E-state index contributed by atoms with van der Waals surface area (Å²) in [5.74, 6) is -0.108. The molecule has 2 aromatic rings. The summed E-state index contributed by atoms with van der Waals surface area (Å²) in [7, 11) is 1.82. The van der Waals surface area contributed by atoms with Crippen molar-refractivity contribution in [3.8, 4) is 0 Å². The molecule has 148 valence electrons. The van der Waals surface area contributed by atoms with Crippen LogP contribution in [0.15, 0.2) is 42.6 Å². The molecule has 3 rings (SSSR count). The summed E-state index contributed by atoms with van der Waals surface area (Å²) >= 11 is 0. The Morgan fingerprint density at radius 2 is 1.96 bits per heavy atom. The number of fused-ring (bicyclic) bond motifs is 1. The molecule has 0 aliphatic heterocycles. The number of carbonyl (C=O) groups excluding carboxylic acids is 3. The van der Waals surface area contributed by atoms with Crippen LogP contribution in [-0.2, 0) is 16.0 Å². The number of amides is 2. The SMILES string of the molecule is CN(CCCNC(=O)CCC(=O)c1ccc[nH]1)C(=O)[C@@H]1CCc2ccccc21. The van der Waals surface area contributed by atoms with E-state index in [0.29, 0.717) is 25.2 Å². The van der Waals surface area contributed by atoms with Gasteiger partial charge in [0.15, 0.2) is 5.78 Å². The molecular formula is C22H27N3O3. The number of aromatic amines is 1. The van der Waals surface area contributed by atoms with Crippen molar-refractivity contribution < 1.29 is 14.4 Å². The molecule has 1 atom stereocenters. The molecular weight excluding hydrogens is 354 g/mol. The van der Waals surface area contributed by atoms with Crippen LogP contribution in [0.2, 0.25) is 0 Å². The van der Waals surface area contributed by atoms with E-state index < -0.39 is 0 Å². The van der Waals surface area contributed by atoms with Crippen LogP contribution in [0.1, 0.15) is 53.2 Å². The van der Waals surface area contributed by atoms with Crippen molar-refractivity contribution >= 4 is 17.6 Å². The first-order chi connectivity index (χ1) is 13.6. The predicted octanol–water partition coefficient (Wildman–Crippen LogP) is 2.67. The van der Waals surface area contributed by atoms with E-state index in [1.165, 1.54) is 5.56 Å². The van der Waals surface area contributed by atoms with Crippen molar-refractivity contribution in [2.24, 2.45) is 0 Å². The Hall–Kier alpha value is -2.89. The Morgan fingerprint density at radius 3 is 2.75 bits per heavy atom. The number of likely N-dealkylation sites (N-methyl/N-ethyl adjacent to an activating group) is 1. The van der Waals surface area contributed by atoms with E-state index in [1.807, 2.05) is 25.2 Å². The van der Waals surface area contributed by atoms with Gasteiger partial charge in [0.1, 0.15) is 0 Å². The van der Waals surface area contributed by atoms with Crippen LogP contribution < -0.4 is 5.32 Å². The molecule has 1 aromatic carbocycles. The average molecular weight is 381 g/mol. The fraction of sp³-hybridized carbons (Fsp3) is 0.409. The maximum Gasteiger partial charge on any atom is 0.229 e. The summed E-state index contributed by atoms with van der Waals surface area (Å²) in [6, 6.07) is 11.6. The molecule has 0 fully saturated rings. The molecule has 1 heterocycles. The number of nitrogens with one attached hydrogen (secondary N) is 2. The summed E-state index contributed by atoms with van der Waals surface area (Å²) in [6.45, 7) is 1.09. The van der Waals surface area contributed by atoms with Gasteiger partial charge in [-0.05, 0) is 42.5 Å². The Balaban J connectivity index is 1.34. The molecule has 2 amide bonds. The van der Waals surface area contributed by atoms with Crippen LogP contribution in [-0.4, -0.2) is 47.6 Å². The normalized spacial score (nSPS) is 15.1. The Bertz CT molecular complexity index is 829. The van der Waals surface area contributed by atoms with Gasteiger partial charge in [0.25, 0.3) is 0 Å². The lowest BCUT2D eigenvalue weighted by Gasteiger charge is -2.21. The summed E-state index contributed by atoms with van der Waals surface area (Å²) in [5.41, 5.74) is 2.95. The van der Waals surface area contributed by atoms with E-state index in [-0.39, 0.29) is 36.4 Å². The minimum atomic E-state index is -0.140. The van der Waals surface area contributed by atoms with Crippen LogP contribution in [0.3, 0.4) is 0 Å². The van der Waals surface area contributed by atoms with E-state index in [9.17, 15) is 14.4 Å². The minimum Gasteiger partial charge on any atom is -0.359 e. The smallest absolute Gasteiger partial charge is 0.229 e. The molecule has 28 heavy (non-hydrogen) atoms. The number of hydrogen-bond acceptors (Lipinski definition) is 3. The molecule has 0 spiro atoms. The van der Waals surface area contributed by atoms with Gasteiger partial charge in [-0.1, -0.05) is 24.3 Å². The molecule has 1 aromatic heterocycles. The highest BCUT2D eigenvalue weighted by atomic mass is 16.2. The standard InChI is InChI=1S/C22H27N3O3/c1-25(22(28)18-10-9-16-6-2-3-7-17(16)18)15-5-14-24-21(27)12-11-20(26)19-8-4-13-23-19/h2-4,6-8,13,18,23H,5,9-12,14-15H2,1H3,(H,24,27)/t18-/m1/s1. The second-order valence-corrected chi connectivity index (χ2v) is 7.26. The maximum atomic E-state index is 12.7. The van der Waals surface area contributed by atoms with E-state index >= 15 is 0 Å². The highest BCUT2D eigenvalue weighted by Crippen LogP contribution is 2.33. The van der Waals surface area contributed by atoms with E-state index in [0.717, 1.165) is 18.4 Å². The van der Waals surface area contributed by atoms with Crippen LogP contribution in [0, 0.1) is 0 Å². The van der Waals surface area contributed by atoms with Crippen molar-refractivity contribution in [1.82, 2.24) is 15.2 Å². The number of nitrogens with zero attached hydrogens (tertiary/aromatic N) is 1. The summed E-state index contributed by atoms with van der Waals surface area (Å²) < 4.78 is 0. The van der Waals surface area contributed by atoms with Crippen molar-refractivity contribution in [2.45, 2.75) is 38.0 Å². The van der Waals surface area contributed by atoms with Crippen molar-refractivity contribution in [1.29, 1.82) is 0 Å². The number of aryl methyl sites for hydroxylation is 1. The summed E-state index contributed by atoms with van der Waals surface area (Å²) in [5, 5.41) is 2.82.